The number of rotatable bonds is 2. The molecule has 94 valence electrons. The monoisotopic (exact) mass is 251 g/mol. The maximum Gasteiger partial charge on any atom is 0.228 e. The summed E-state index contributed by atoms with van der Waals surface area (Å²) in [7, 11) is 0. The maximum atomic E-state index is 12.4. The summed E-state index contributed by atoms with van der Waals surface area (Å²) in [6.45, 7) is 3.91. The van der Waals surface area contributed by atoms with Crippen molar-refractivity contribution in [1.29, 1.82) is 0 Å². The molecule has 0 unspecified atom stereocenters. The second kappa shape index (κ2) is 4.35. The van der Waals surface area contributed by atoms with Gasteiger partial charge in [-0.15, -0.1) is 0 Å². The SMILES string of the molecule is Cc1ccc2c(C)c(C(=O)c3ccncc3)oc2c1. The Kier molecular flexibility index (Phi) is 2.67. The highest BCUT2D eigenvalue weighted by Crippen LogP contribution is 2.27. The minimum absolute atomic E-state index is 0.103. The summed E-state index contributed by atoms with van der Waals surface area (Å²) < 4.78 is 5.73. The molecule has 0 atom stereocenters. The number of aromatic nitrogens is 1. The zero-order chi connectivity index (χ0) is 13.4. The molecule has 0 saturated carbocycles. The summed E-state index contributed by atoms with van der Waals surface area (Å²) in [5, 5.41) is 0.989. The van der Waals surface area contributed by atoms with E-state index in [1.165, 1.54) is 0 Å². The van der Waals surface area contributed by atoms with Crippen LogP contribution in [0.3, 0.4) is 0 Å². The van der Waals surface area contributed by atoms with Gasteiger partial charge in [0.15, 0.2) is 5.76 Å². The quantitative estimate of drug-likeness (QED) is 0.652. The molecular formula is C16H13NO2. The normalized spacial score (nSPS) is 10.8. The molecule has 3 heteroatoms. The zero-order valence-electron chi connectivity index (χ0n) is 10.8. The van der Waals surface area contributed by atoms with Gasteiger partial charge in [-0.3, -0.25) is 9.78 Å². The fourth-order valence-corrected chi connectivity index (χ4v) is 2.18. The standard InChI is InChI=1S/C16H13NO2/c1-10-3-4-13-11(2)16(19-14(13)9-10)15(18)12-5-7-17-8-6-12/h3-9H,1-2H3. The summed E-state index contributed by atoms with van der Waals surface area (Å²) in [5.41, 5.74) is 3.35. The number of carbonyl (C=O) groups is 1. The number of hydrogen-bond acceptors (Lipinski definition) is 3. The van der Waals surface area contributed by atoms with E-state index in [1.54, 1.807) is 24.5 Å². The maximum absolute atomic E-state index is 12.4. The lowest BCUT2D eigenvalue weighted by atomic mass is 10.1. The van der Waals surface area contributed by atoms with Crippen molar-refractivity contribution in [2.45, 2.75) is 13.8 Å². The van der Waals surface area contributed by atoms with Crippen molar-refractivity contribution in [2.24, 2.45) is 0 Å². The molecule has 19 heavy (non-hydrogen) atoms. The van der Waals surface area contributed by atoms with Crippen LogP contribution >= 0.6 is 0 Å². The Bertz CT molecular complexity index is 757. The largest absolute Gasteiger partial charge is 0.452 e. The first kappa shape index (κ1) is 11.7. The third-order valence-corrected chi connectivity index (χ3v) is 3.24. The third kappa shape index (κ3) is 1.93. The lowest BCUT2D eigenvalue weighted by Gasteiger charge is -1.97. The van der Waals surface area contributed by atoms with E-state index in [0.717, 1.165) is 22.1 Å². The first-order valence-corrected chi connectivity index (χ1v) is 6.11. The number of benzene rings is 1. The van der Waals surface area contributed by atoms with Crippen LogP contribution in [0.5, 0.6) is 0 Å². The van der Waals surface area contributed by atoms with E-state index in [9.17, 15) is 4.79 Å². The third-order valence-electron chi connectivity index (χ3n) is 3.24. The second-order valence-corrected chi connectivity index (χ2v) is 4.62. The zero-order valence-corrected chi connectivity index (χ0v) is 10.8. The van der Waals surface area contributed by atoms with Crippen LogP contribution < -0.4 is 0 Å². The molecule has 0 bridgehead atoms. The molecule has 0 spiro atoms. The van der Waals surface area contributed by atoms with Crippen LogP contribution in [-0.2, 0) is 0 Å². The molecule has 0 N–H and O–H groups in total. The van der Waals surface area contributed by atoms with Gasteiger partial charge in [0.05, 0.1) is 0 Å². The Labute approximate surface area is 110 Å². The molecule has 0 aliphatic heterocycles. The second-order valence-electron chi connectivity index (χ2n) is 4.62. The van der Waals surface area contributed by atoms with Gasteiger partial charge in [0.2, 0.25) is 5.78 Å². The molecule has 1 aromatic carbocycles. The fourth-order valence-electron chi connectivity index (χ4n) is 2.18. The molecule has 0 aliphatic rings. The summed E-state index contributed by atoms with van der Waals surface area (Å²) in [6, 6.07) is 9.35. The molecule has 3 nitrogen and oxygen atoms in total. The van der Waals surface area contributed by atoms with Gasteiger partial charge in [0.25, 0.3) is 0 Å². The topological polar surface area (TPSA) is 43.1 Å². The van der Waals surface area contributed by atoms with E-state index >= 15 is 0 Å². The molecular weight excluding hydrogens is 238 g/mol. The molecule has 2 aromatic heterocycles. The van der Waals surface area contributed by atoms with Crippen LogP contribution in [-0.4, -0.2) is 10.8 Å². The summed E-state index contributed by atoms with van der Waals surface area (Å²) in [6.07, 6.45) is 3.21. The van der Waals surface area contributed by atoms with E-state index in [0.29, 0.717) is 11.3 Å². The van der Waals surface area contributed by atoms with E-state index in [4.69, 9.17) is 4.42 Å². The first-order valence-electron chi connectivity index (χ1n) is 6.11. The molecule has 0 aliphatic carbocycles. The Morgan fingerprint density at radius 3 is 2.58 bits per heavy atom. The summed E-state index contributed by atoms with van der Waals surface area (Å²) in [4.78, 5) is 16.3. The number of aryl methyl sites for hydroxylation is 2. The van der Waals surface area contributed by atoms with Gasteiger partial charge in [-0.05, 0) is 37.6 Å². The highest BCUT2D eigenvalue weighted by atomic mass is 16.3. The van der Waals surface area contributed by atoms with Crippen LogP contribution in [0.15, 0.2) is 47.1 Å². The number of ketones is 1. The van der Waals surface area contributed by atoms with Crippen LogP contribution in [0.4, 0.5) is 0 Å². The number of hydrogen-bond donors (Lipinski definition) is 0. The first-order chi connectivity index (χ1) is 9.16. The van der Waals surface area contributed by atoms with Gasteiger partial charge in [0, 0.05) is 28.9 Å². The van der Waals surface area contributed by atoms with Crippen molar-refractivity contribution in [1.82, 2.24) is 4.98 Å². The Morgan fingerprint density at radius 1 is 1.11 bits per heavy atom. The highest BCUT2D eigenvalue weighted by Gasteiger charge is 2.18. The average Bonchev–Trinajstić information content (AvgIpc) is 2.75. The van der Waals surface area contributed by atoms with Crippen LogP contribution in [0.1, 0.15) is 27.2 Å². The molecule has 3 rings (SSSR count). The smallest absolute Gasteiger partial charge is 0.228 e. The molecule has 0 amide bonds. The molecule has 3 aromatic rings. The lowest BCUT2D eigenvalue weighted by molar-refractivity contribution is 0.101. The van der Waals surface area contributed by atoms with Crippen molar-refractivity contribution < 1.29 is 9.21 Å². The van der Waals surface area contributed by atoms with Crippen molar-refractivity contribution in [2.75, 3.05) is 0 Å². The van der Waals surface area contributed by atoms with E-state index in [2.05, 4.69) is 4.98 Å². The Morgan fingerprint density at radius 2 is 1.84 bits per heavy atom. The van der Waals surface area contributed by atoms with Crippen molar-refractivity contribution in [3.05, 3.63) is 65.2 Å². The lowest BCUT2D eigenvalue weighted by Crippen LogP contribution is -2.01. The highest BCUT2D eigenvalue weighted by molar-refractivity contribution is 6.10. The van der Waals surface area contributed by atoms with Crippen molar-refractivity contribution >= 4 is 16.8 Å². The molecule has 2 heterocycles. The van der Waals surface area contributed by atoms with Gasteiger partial charge in [-0.2, -0.15) is 0 Å². The minimum Gasteiger partial charge on any atom is -0.452 e. The van der Waals surface area contributed by atoms with Gasteiger partial charge >= 0.3 is 0 Å². The predicted octanol–water partition coefficient (Wildman–Crippen LogP) is 3.68. The van der Waals surface area contributed by atoms with E-state index in [1.807, 2.05) is 32.0 Å². The predicted molar refractivity (Wildman–Crippen MR) is 73.4 cm³/mol. The Balaban J connectivity index is 2.16. The van der Waals surface area contributed by atoms with Gasteiger partial charge in [-0.25, -0.2) is 0 Å². The van der Waals surface area contributed by atoms with Crippen molar-refractivity contribution in [3.63, 3.8) is 0 Å². The number of nitrogens with zero attached hydrogens (tertiary/aromatic N) is 1. The number of pyridine rings is 1. The van der Waals surface area contributed by atoms with Crippen LogP contribution in [0.2, 0.25) is 0 Å². The fraction of sp³-hybridized carbons (Fsp3) is 0.125. The van der Waals surface area contributed by atoms with E-state index in [-0.39, 0.29) is 5.78 Å². The Hall–Kier alpha value is -2.42. The van der Waals surface area contributed by atoms with Gasteiger partial charge in [0.1, 0.15) is 5.58 Å². The molecule has 0 saturated heterocycles. The van der Waals surface area contributed by atoms with Crippen molar-refractivity contribution in [3.8, 4) is 0 Å². The number of furan rings is 1. The van der Waals surface area contributed by atoms with Gasteiger partial charge < -0.3 is 4.42 Å². The summed E-state index contributed by atoms with van der Waals surface area (Å²) >= 11 is 0. The molecule has 0 fully saturated rings. The summed E-state index contributed by atoms with van der Waals surface area (Å²) in [5.74, 6) is 0.306. The van der Waals surface area contributed by atoms with Crippen LogP contribution in [0.25, 0.3) is 11.0 Å². The number of carbonyl (C=O) groups excluding carboxylic acids is 1. The van der Waals surface area contributed by atoms with Gasteiger partial charge in [-0.1, -0.05) is 12.1 Å². The average molecular weight is 251 g/mol. The minimum atomic E-state index is -0.103. The van der Waals surface area contributed by atoms with Crippen LogP contribution in [0, 0.1) is 13.8 Å². The molecule has 0 radical (unpaired) electrons. The van der Waals surface area contributed by atoms with E-state index < -0.39 is 0 Å². The number of fused-ring (bicyclic) bond motifs is 1.